The molecule has 0 aromatic heterocycles. The number of nitrogens with two attached hydrogens (primary N) is 1. The maximum Gasteiger partial charge on any atom is 0.251 e. The summed E-state index contributed by atoms with van der Waals surface area (Å²) in [5, 5.41) is 5.89. The smallest absolute Gasteiger partial charge is 0.251 e. The molecule has 4 N–H and O–H groups in total. The average molecular weight is 269 g/mol. The molecule has 0 spiro atoms. The second-order valence-corrected chi connectivity index (χ2v) is 4.75. The van der Waals surface area contributed by atoms with Crippen LogP contribution in [0.1, 0.15) is 21.5 Å². The Morgan fingerprint density at radius 3 is 2.50 bits per heavy atom. The van der Waals surface area contributed by atoms with E-state index in [-0.39, 0.29) is 5.91 Å². The maximum atomic E-state index is 11.5. The molecular formula is C16H19N3O. The Balaban J connectivity index is 2.30. The molecule has 0 heterocycles. The molecule has 0 aliphatic carbocycles. The second-order valence-electron chi connectivity index (χ2n) is 4.75. The number of aryl methyl sites for hydroxylation is 1. The van der Waals surface area contributed by atoms with E-state index >= 15 is 0 Å². The number of nitrogen functional groups attached to an aromatic ring is 1. The first-order valence-corrected chi connectivity index (χ1v) is 6.47. The van der Waals surface area contributed by atoms with Crippen LogP contribution >= 0.6 is 0 Å². The van der Waals surface area contributed by atoms with E-state index in [0.29, 0.717) is 11.3 Å². The normalized spacial score (nSPS) is 10.2. The molecule has 0 radical (unpaired) electrons. The largest absolute Gasteiger partial charge is 0.397 e. The van der Waals surface area contributed by atoms with Gasteiger partial charge >= 0.3 is 0 Å². The predicted octanol–water partition coefficient (Wildman–Crippen LogP) is 2.99. The summed E-state index contributed by atoms with van der Waals surface area (Å²) in [5.41, 5.74) is 11.3. The number of nitrogens with one attached hydrogen (secondary N) is 2. The summed E-state index contributed by atoms with van der Waals surface area (Å²) in [7, 11) is 1.60. The summed E-state index contributed by atoms with van der Waals surface area (Å²) >= 11 is 0. The number of hydrogen-bond donors (Lipinski definition) is 3. The van der Waals surface area contributed by atoms with Gasteiger partial charge in [0, 0.05) is 18.3 Å². The van der Waals surface area contributed by atoms with Crippen molar-refractivity contribution in [2.24, 2.45) is 0 Å². The number of hydrogen-bond acceptors (Lipinski definition) is 3. The molecule has 0 unspecified atom stereocenters. The zero-order valence-corrected chi connectivity index (χ0v) is 11.9. The van der Waals surface area contributed by atoms with Gasteiger partial charge in [0.05, 0.1) is 11.4 Å². The van der Waals surface area contributed by atoms with E-state index in [1.54, 1.807) is 19.2 Å². The van der Waals surface area contributed by atoms with E-state index in [9.17, 15) is 4.79 Å². The number of amides is 1. The van der Waals surface area contributed by atoms with Crippen molar-refractivity contribution in [2.45, 2.75) is 13.8 Å². The first-order chi connectivity index (χ1) is 9.52. The van der Waals surface area contributed by atoms with Crippen molar-refractivity contribution < 1.29 is 4.79 Å². The van der Waals surface area contributed by atoms with Gasteiger partial charge in [0.15, 0.2) is 0 Å². The van der Waals surface area contributed by atoms with Crippen molar-refractivity contribution in [1.82, 2.24) is 5.32 Å². The summed E-state index contributed by atoms with van der Waals surface area (Å²) in [6, 6.07) is 11.3. The first kappa shape index (κ1) is 13.9. The molecule has 20 heavy (non-hydrogen) atoms. The minimum atomic E-state index is -0.144. The monoisotopic (exact) mass is 269 g/mol. The van der Waals surface area contributed by atoms with E-state index in [2.05, 4.69) is 30.5 Å². The van der Waals surface area contributed by atoms with Crippen molar-refractivity contribution in [3.05, 3.63) is 53.1 Å². The Labute approximate surface area is 119 Å². The molecule has 2 rings (SSSR count). The molecule has 0 fully saturated rings. The molecule has 0 saturated heterocycles. The molecule has 4 heteroatoms. The van der Waals surface area contributed by atoms with Crippen LogP contribution in [0.2, 0.25) is 0 Å². The molecule has 2 aromatic rings. The van der Waals surface area contributed by atoms with Crippen LogP contribution in [0, 0.1) is 13.8 Å². The van der Waals surface area contributed by atoms with Gasteiger partial charge in [-0.15, -0.1) is 0 Å². The Morgan fingerprint density at radius 1 is 1.10 bits per heavy atom. The van der Waals surface area contributed by atoms with Gasteiger partial charge in [0.2, 0.25) is 0 Å². The Hall–Kier alpha value is -2.49. The van der Waals surface area contributed by atoms with Gasteiger partial charge in [-0.3, -0.25) is 4.79 Å². The summed E-state index contributed by atoms with van der Waals surface area (Å²) in [6.45, 7) is 4.13. The van der Waals surface area contributed by atoms with E-state index in [4.69, 9.17) is 5.73 Å². The van der Waals surface area contributed by atoms with Crippen LogP contribution in [0.3, 0.4) is 0 Å². The highest BCUT2D eigenvalue weighted by molar-refractivity contribution is 5.96. The number of rotatable bonds is 3. The zero-order valence-electron chi connectivity index (χ0n) is 11.9. The molecule has 2 aromatic carbocycles. The average Bonchev–Trinajstić information content (AvgIpc) is 2.45. The van der Waals surface area contributed by atoms with Crippen molar-refractivity contribution in [3.8, 4) is 0 Å². The van der Waals surface area contributed by atoms with Gasteiger partial charge in [0.1, 0.15) is 0 Å². The standard InChI is InChI=1S/C16H19N3O/c1-10-5-4-6-14(11(10)2)19-15-8-7-12(9-13(15)17)16(20)18-3/h4-9,19H,17H2,1-3H3,(H,18,20). The lowest BCUT2D eigenvalue weighted by atomic mass is 10.1. The van der Waals surface area contributed by atoms with E-state index in [0.717, 1.165) is 11.4 Å². The number of benzene rings is 2. The van der Waals surface area contributed by atoms with Crippen LogP contribution in [0.4, 0.5) is 17.1 Å². The van der Waals surface area contributed by atoms with Crippen LogP contribution < -0.4 is 16.4 Å². The van der Waals surface area contributed by atoms with E-state index < -0.39 is 0 Å². The third-order valence-electron chi connectivity index (χ3n) is 3.41. The molecule has 4 nitrogen and oxygen atoms in total. The second kappa shape index (κ2) is 5.65. The van der Waals surface area contributed by atoms with Crippen LogP contribution in [0.15, 0.2) is 36.4 Å². The number of anilines is 3. The van der Waals surface area contributed by atoms with Gasteiger partial charge in [-0.1, -0.05) is 12.1 Å². The van der Waals surface area contributed by atoms with Gasteiger partial charge in [-0.05, 0) is 49.2 Å². The van der Waals surface area contributed by atoms with Gasteiger partial charge < -0.3 is 16.4 Å². The predicted molar refractivity (Wildman–Crippen MR) is 83.4 cm³/mol. The summed E-state index contributed by atoms with van der Waals surface area (Å²) in [6.07, 6.45) is 0. The lowest BCUT2D eigenvalue weighted by Crippen LogP contribution is -2.18. The lowest BCUT2D eigenvalue weighted by molar-refractivity contribution is 0.0963. The van der Waals surface area contributed by atoms with Gasteiger partial charge in [0.25, 0.3) is 5.91 Å². The Morgan fingerprint density at radius 2 is 1.85 bits per heavy atom. The zero-order chi connectivity index (χ0) is 14.7. The van der Waals surface area contributed by atoms with Gasteiger partial charge in [-0.25, -0.2) is 0 Å². The topological polar surface area (TPSA) is 67.2 Å². The van der Waals surface area contributed by atoms with Crippen molar-refractivity contribution in [3.63, 3.8) is 0 Å². The quantitative estimate of drug-likeness (QED) is 0.750. The minimum Gasteiger partial charge on any atom is -0.397 e. The Kier molecular flexibility index (Phi) is 3.94. The fraction of sp³-hybridized carbons (Fsp3) is 0.188. The SMILES string of the molecule is CNC(=O)c1ccc(Nc2cccc(C)c2C)c(N)c1. The first-order valence-electron chi connectivity index (χ1n) is 6.47. The lowest BCUT2D eigenvalue weighted by Gasteiger charge is -2.14. The van der Waals surface area contributed by atoms with Crippen molar-refractivity contribution >= 4 is 23.0 Å². The summed E-state index contributed by atoms with van der Waals surface area (Å²) in [5.74, 6) is -0.144. The molecule has 0 atom stereocenters. The van der Waals surface area contributed by atoms with Crippen LogP contribution in [-0.2, 0) is 0 Å². The molecule has 0 aliphatic rings. The van der Waals surface area contributed by atoms with E-state index in [1.807, 2.05) is 18.2 Å². The van der Waals surface area contributed by atoms with Crippen molar-refractivity contribution in [1.29, 1.82) is 0 Å². The molecule has 0 aliphatic heterocycles. The molecule has 0 saturated carbocycles. The van der Waals surface area contributed by atoms with Crippen molar-refractivity contribution in [2.75, 3.05) is 18.1 Å². The number of carbonyl (C=O) groups excluding carboxylic acids is 1. The molecule has 104 valence electrons. The maximum absolute atomic E-state index is 11.5. The van der Waals surface area contributed by atoms with Crippen LogP contribution in [-0.4, -0.2) is 13.0 Å². The highest BCUT2D eigenvalue weighted by Gasteiger charge is 2.08. The fourth-order valence-corrected chi connectivity index (χ4v) is 1.99. The number of carbonyl (C=O) groups is 1. The Bertz CT molecular complexity index is 650. The molecule has 0 bridgehead atoms. The minimum absolute atomic E-state index is 0.144. The van der Waals surface area contributed by atoms with Crippen LogP contribution in [0.25, 0.3) is 0 Å². The third-order valence-corrected chi connectivity index (χ3v) is 3.41. The third kappa shape index (κ3) is 2.74. The van der Waals surface area contributed by atoms with E-state index in [1.165, 1.54) is 11.1 Å². The summed E-state index contributed by atoms with van der Waals surface area (Å²) < 4.78 is 0. The molecule has 1 amide bonds. The highest BCUT2D eigenvalue weighted by atomic mass is 16.1. The fourth-order valence-electron chi connectivity index (χ4n) is 1.99. The van der Waals surface area contributed by atoms with Crippen LogP contribution in [0.5, 0.6) is 0 Å². The summed E-state index contributed by atoms with van der Waals surface area (Å²) in [4.78, 5) is 11.5. The van der Waals surface area contributed by atoms with Gasteiger partial charge in [-0.2, -0.15) is 0 Å². The molecular weight excluding hydrogens is 250 g/mol. The highest BCUT2D eigenvalue weighted by Crippen LogP contribution is 2.27.